The Morgan fingerprint density at radius 2 is 1.02 bits per heavy atom. The molecular formula is C55H58N6O2. The van der Waals surface area contributed by atoms with Gasteiger partial charge in [-0.2, -0.15) is 4.98 Å². The molecule has 6 aromatic carbocycles. The lowest BCUT2D eigenvalue weighted by atomic mass is 9.72. The van der Waals surface area contributed by atoms with E-state index in [1.807, 2.05) is 48.7 Å². The maximum Gasteiger partial charge on any atom is 0.230 e. The summed E-state index contributed by atoms with van der Waals surface area (Å²) in [6.07, 6.45) is 6.33. The molecule has 1 atom stereocenters. The van der Waals surface area contributed by atoms with Gasteiger partial charge >= 0.3 is 0 Å². The molecule has 2 aromatic heterocycles. The van der Waals surface area contributed by atoms with Gasteiger partial charge in [0.15, 0.2) is 11.6 Å². The number of anilines is 2. The Hall–Kier alpha value is -6.80. The van der Waals surface area contributed by atoms with Crippen LogP contribution in [0.1, 0.15) is 78.4 Å². The molecule has 0 N–H and O–H groups in total. The van der Waals surface area contributed by atoms with E-state index in [2.05, 4.69) is 148 Å². The molecule has 8 aromatic rings. The largest absolute Gasteiger partial charge is 0.457 e. The summed E-state index contributed by atoms with van der Waals surface area (Å²) >= 11 is 0. The molecule has 1 unspecified atom stereocenters. The minimum Gasteiger partial charge on any atom is -0.457 e. The van der Waals surface area contributed by atoms with E-state index in [1.54, 1.807) is 0 Å². The fourth-order valence-electron chi connectivity index (χ4n) is 8.54. The first-order valence-corrected chi connectivity index (χ1v) is 22.6. The van der Waals surface area contributed by atoms with Gasteiger partial charge in [-0.15, -0.1) is 0 Å². The smallest absolute Gasteiger partial charge is 0.230 e. The van der Waals surface area contributed by atoms with Crippen molar-refractivity contribution < 1.29 is 9.47 Å². The van der Waals surface area contributed by atoms with Crippen molar-refractivity contribution in [2.75, 3.05) is 36.0 Å². The first-order valence-electron chi connectivity index (χ1n) is 22.6. The average Bonchev–Trinajstić information content (AvgIpc) is 3.33. The molecule has 8 nitrogen and oxygen atoms in total. The van der Waals surface area contributed by atoms with E-state index >= 15 is 0 Å². The summed E-state index contributed by atoms with van der Waals surface area (Å²) < 4.78 is 13.1. The van der Waals surface area contributed by atoms with E-state index in [9.17, 15) is 0 Å². The van der Waals surface area contributed by atoms with E-state index in [0.717, 1.165) is 95.6 Å². The minimum absolute atomic E-state index is 0.231. The van der Waals surface area contributed by atoms with Crippen molar-refractivity contribution in [2.24, 2.45) is 0 Å². The van der Waals surface area contributed by atoms with Gasteiger partial charge in [-0.3, -0.25) is 0 Å². The maximum absolute atomic E-state index is 6.59. The van der Waals surface area contributed by atoms with Crippen molar-refractivity contribution in [2.45, 2.75) is 72.6 Å². The van der Waals surface area contributed by atoms with Gasteiger partial charge < -0.3 is 19.3 Å². The number of unbranched alkanes of at least 4 members (excludes halogenated alkanes) is 2. The summed E-state index contributed by atoms with van der Waals surface area (Å²) in [5.74, 6) is 4.08. The van der Waals surface area contributed by atoms with E-state index in [0.29, 0.717) is 17.5 Å². The predicted octanol–water partition coefficient (Wildman–Crippen LogP) is 14.1. The Balaban J connectivity index is 1.02. The third-order valence-corrected chi connectivity index (χ3v) is 12.4. The van der Waals surface area contributed by atoms with Gasteiger partial charge in [-0.05, 0) is 142 Å². The first-order chi connectivity index (χ1) is 30.8. The molecule has 0 aliphatic rings. The molecule has 0 saturated carbocycles. The number of para-hydroxylation sites is 1. The Bertz CT molecular complexity index is 2750. The molecule has 0 bridgehead atoms. The molecule has 63 heavy (non-hydrogen) atoms. The van der Waals surface area contributed by atoms with Gasteiger partial charge in [-0.25, -0.2) is 15.0 Å². The van der Waals surface area contributed by atoms with E-state index in [-0.39, 0.29) is 5.41 Å². The van der Waals surface area contributed by atoms with E-state index in [4.69, 9.17) is 29.4 Å². The summed E-state index contributed by atoms with van der Waals surface area (Å²) in [6, 6.07) is 48.0. The predicted molar refractivity (Wildman–Crippen MR) is 261 cm³/mol. The molecular weight excluding hydrogens is 777 g/mol. The molecule has 0 aliphatic carbocycles. The standard InChI is InChI=1S/C55H58N6O2/c1-7-12-15-37-55(6,41-25-33-45(34-26-41)62-51-20-16-19-50-48(51)38-56-52(57-50)39-21-29-43(30-22-39)60(8-2)9-3)42-27-35-46(36-28-42)63-54-47-17-13-14-18-49(47)58-53(59-54)40-23-31-44(32-24-40)61(10-4)11-5/h13-14,16-36,38H,7-12,15,37H2,1-6H3. The molecule has 0 saturated heterocycles. The van der Waals surface area contributed by atoms with Gasteiger partial charge in [0.2, 0.25) is 5.88 Å². The van der Waals surface area contributed by atoms with Crippen LogP contribution in [0.5, 0.6) is 23.1 Å². The summed E-state index contributed by atoms with van der Waals surface area (Å²) in [6.45, 7) is 17.1. The zero-order chi connectivity index (χ0) is 43.8. The topological polar surface area (TPSA) is 76.5 Å². The normalized spacial score (nSPS) is 12.3. The van der Waals surface area contributed by atoms with Gasteiger partial charge in [0.25, 0.3) is 0 Å². The van der Waals surface area contributed by atoms with Crippen LogP contribution in [0.25, 0.3) is 44.6 Å². The SMILES string of the molecule is CCCCCC(C)(c1ccc(Oc2cccc3nc(-c4ccc(N(CC)CC)cc4)ncc23)cc1)c1ccc(Oc2nc(-c3ccc(N(CC)CC)cc3)nc3ccccc23)cc1. The second kappa shape index (κ2) is 19.5. The van der Waals surface area contributed by atoms with Crippen molar-refractivity contribution in [3.8, 4) is 45.9 Å². The summed E-state index contributed by atoms with van der Waals surface area (Å²) in [5.41, 5.74) is 8.23. The van der Waals surface area contributed by atoms with Crippen LogP contribution in [0.3, 0.4) is 0 Å². The summed E-state index contributed by atoms with van der Waals surface area (Å²) in [7, 11) is 0. The maximum atomic E-state index is 6.59. The lowest BCUT2D eigenvalue weighted by Crippen LogP contribution is -2.23. The van der Waals surface area contributed by atoms with Gasteiger partial charge in [0, 0.05) is 60.3 Å². The quantitative estimate of drug-likeness (QED) is 0.0791. The molecule has 0 aliphatic heterocycles. The van der Waals surface area contributed by atoms with Crippen molar-refractivity contribution in [1.82, 2.24) is 19.9 Å². The molecule has 0 amide bonds. The number of aromatic nitrogens is 4. The molecule has 8 heteroatoms. The lowest BCUT2D eigenvalue weighted by Gasteiger charge is -2.31. The van der Waals surface area contributed by atoms with Crippen LogP contribution in [0.4, 0.5) is 11.4 Å². The van der Waals surface area contributed by atoms with Crippen LogP contribution < -0.4 is 19.3 Å². The number of ether oxygens (including phenoxy) is 2. The molecule has 0 fully saturated rings. The van der Waals surface area contributed by atoms with Crippen molar-refractivity contribution in [3.05, 3.63) is 157 Å². The van der Waals surface area contributed by atoms with Crippen LogP contribution in [-0.4, -0.2) is 46.1 Å². The number of hydrogen-bond donors (Lipinski definition) is 0. The third-order valence-electron chi connectivity index (χ3n) is 12.4. The Labute approximate surface area is 372 Å². The molecule has 8 rings (SSSR count). The number of rotatable bonds is 18. The Morgan fingerprint density at radius 1 is 0.492 bits per heavy atom. The van der Waals surface area contributed by atoms with Crippen LogP contribution in [-0.2, 0) is 5.41 Å². The fourth-order valence-corrected chi connectivity index (χ4v) is 8.54. The summed E-state index contributed by atoms with van der Waals surface area (Å²) in [4.78, 5) is 24.2. The van der Waals surface area contributed by atoms with Crippen LogP contribution in [0, 0.1) is 0 Å². The lowest BCUT2D eigenvalue weighted by molar-refractivity contribution is 0.463. The fraction of sp³-hybridized carbons (Fsp3) is 0.273. The zero-order valence-electron chi connectivity index (χ0n) is 37.5. The highest BCUT2D eigenvalue weighted by atomic mass is 16.5. The van der Waals surface area contributed by atoms with Crippen LogP contribution >= 0.6 is 0 Å². The third kappa shape index (κ3) is 9.36. The minimum atomic E-state index is -0.231. The average molecular weight is 835 g/mol. The number of nitrogens with zero attached hydrogens (tertiary/aromatic N) is 6. The van der Waals surface area contributed by atoms with Gasteiger partial charge in [-0.1, -0.05) is 75.6 Å². The highest BCUT2D eigenvalue weighted by Crippen LogP contribution is 2.40. The number of benzene rings is 6. The molecule has 320 valence electrons. The second-order valence-electron chi connectivity index (χ2n) is 16.2. The van der Waals surface area contributed by atoms with Gasteiger partial charge in [0.05, 0.1) is 21.8 Å². The van der Waals surface area contributed by atoms with E-state index in [1.165, 1.54) is 28.9 Å². The zero-order valence-corrected chi connectivity index (χ0v) is 37.5. The molecule has 0 radical (unpaired) electrons. The Kier molecular flexibility index (Phi) is 13.3. The van der Waals surface area contributed by atoms with Crippen molar-refractivity contribution >= 4 is 33.2 Å². The van der Waals surface area contributed by atoms with Crippen molar-refractivity contribution in [3.63, 3.8) is 0 Å². The summed E-state index contributed by atoms with van der Waals surface area (Å²) in [5, 5.41) is 1.74. The highest BCUT2D eigenvalue weighted by molar-refractivity contribution is 5.87. The highest BCUT2D eigenvalue weighted by Gasteiger charge is 2.29. The molecule has 0 spiro atoms. The van der Waals surface area contributed by atoms with Crippen molar-refractivity contribution in [1.29, 1.82) is 0 Å². The van der Waals surface area contributed by atoms with E-state index < -0.39 is 0 Å². The number of fused-ring (bicyclic) bond motifs is 2. The van der Waals surface area contributed by atoms with Gasteiger partial charge in [0.1, 0.15) is 17.2 Å². The first kappa shape index (κ1) is 42.9. The van der Waals surface area contributed by atoms with Crippen LogP contribution in [0.15, 0.2) is 146 Å². The number of hydrogen-bond acceptors (Lipinski definition) is 8. The molecule has 2 heterocycles. The second-order valence-corrected chi connectivity index (χ2v) is 16.2. The van der Waals surface area contributed by atoms with Crippen LogP contribution in [0.2, 0.25) is 0 Å². The Morgan fingerprint density at radius 3 is 1.60 bits per heavy atom. The monoisotopic (exact) mass is 834 g/mol.